The van der Waals surface area contributed by atoms with E-state index in [4.69, 9.17) is 11.6 Å². The van der Waals surface area contributed by atoms with E-state index in [2.05, 4.69) is 0 Å². The maximum Gasteiger partial charge on any atom is 0.124 e. The Kier molecular flexibility index (Phi) is 1.59. The lowest BCUT2D eigenvalue weighted by Gasteiger charge is -1.86. The summed E-state index contributed by atoms with van der Waals surface area (Å²) in [4.78, 5) is 0. The van der Waals surface area contributed by atoms with Crippen LogP contribution < -0.4 is 0 Å². The second-order valence-electron chi connectivity index (χ2n) is 2.23. The average molecular weight is 187 g/mol. The molecule has 0 aliphatic carbocycles. The van der Waals surface area contributed by atoms with Crippen LogP contribution in [0.3, 0.4) is 0 Å². The Balaban J connectivity index is 2.82. The maximum atomic E-state index is 12.6. The van der Waals surface area contributed by atoms with Crippen LogP contribution in [0, 0.1) is 5.82 Å². The second kappa shape index (κ2) is 2.47. The summed E-state index contributed by atoms with van der Waals surface area (Å²) in [5, 5.41) is 1.00. The van der Waals surface area contributed by atoms with Gasteiger partial charge in [-0.25, -0.2) is 4.39 Å². The van der Waals surface area contributed by atoms with Crippen LogP contribution >= 0.6 is 22.9 Å². The molecule has 1 aromatic heterocycles. The molecule has 0 saturated heterocycles. The smallest absolute Gasteiger partial charge is 0.124 e. The van der Waals surface area contributed by atoms with Crippen LogP contribution in [-0.4, -0.2) is 0 Å². The van der Waals surface area contributed by atoms with Crippen molar-refractivity contribution < 1.29 is 4.39 Å². The maximum absolute atomic E-state index is 12.6. The highest BCUT2D eigenvalue weighted by Gasteiger charge is 1.99. The molecule has 0 aliphatic rings. The molecule has 0 spiro atoms. The molecule has 3 heteroatoms. The summed E-state index contributed by atoms with van der Waals surface area (Å²) in [6.07, 6.45) is 0. The largest absolute Gasteiger partial charge is 0.207 e. The van der Waals surface area contributed by atoms with Gasteiger partial charge in [-0.1, -0.05) is 17.7 Å². The summed E-state index contributed by atoms with van der Waals surface area (Å²) in [6.45, 7) is 0. The quantitative estimate of drug-likeness (QED) is 0.589. The predicted octanol–water partition coefficient (Wildman–Crippen LogP) is 3.69. The van der Waals surface area contributed by atoms with Crippen LogP contribution in [0.5, 0.6) is 0 Å². The molecule has 0 bridgehead atoms. The molecule has 0 N–H and O–H groups in total. The van der Waals surface area contributed by atoms with E-state index in [1.807, 2.05) is 6.07 Å². The minimum atomic E-state index is -0.212. The van der Waals surface area contributed by atoms with Gasteiger partial charge in [-0.3, -0.25) is 0 Å². The number of hydrogen-bond donors (Lipinski definition) is 0. The molecule has 0 radical (unpaired) electrons. The SMILES string of the molecule is Fc1ccc2cc(Cl)sc2c1. The molecule has 1 heterocycles. The van der Waals surface area contributed by atoms with E-state index >= 15 is 0 Å². The zero-order valence-electron chi connectivity index (χ0n) is 5.47. The number of benzene rings is 1. The van der Waals surface area contributed by atoms with Gasteiger partial charge in [0.1, 0.15) is 5.82 Å². The van der Waals surface area contributed by atoms with Crippen LogP contribution in [0.1, 0.15) is 0 Å². The van der Waals surface area contributed by atoms with Crippen LogP contribution in [0.15, 0.2) is 24.3 Å². The summed E-state index contributed by atoms with van der Waals surface area (Å²) in [7, 11) is 0. The van der Waals surface area contributed by atoms with Gasteiger partial charge in [0, 0.05) is 4.70 Å². The molecule has 11 heavy (non-hydrogen) atoms. The third kappa shape index (κ3) is 1.24. The van der Waals surface area contributed by atoms with Crippen molar-refractivity contribution in [2.75, 3.05) is 0 Å². The Morgan fingerprint density at radius 1 is 1.27 bits per heavy atom. The Morgan fingerprint density at radius 2 is 2.09 bits per heavy atom. The van der Waals surface area contributed by atoms with Gasteiger partial charge in [0.15, 0.2) is 0 Å². The number of fused-ring (bicyclic) bond motifs is 1. The minimum Gasteiger partial charge on any atom is -0.207 e. The van der Waals surface area contributed by atoms with E-state index in [-0.39, 0.29) is 5.82 Å². The third-order valence-corrected chi connectivity index (χ3v) is 2.68. The van der Waals surface area contributed by atoms with Gasteiger partial charge in [-0.15, -0.1) is 11.3 Å². The Bertz CT molecular complexity index is 394. The van der Waals surface area contributed by atoms with E-state index in [1.165, 1.54) is 23.5 Å². The summed E-state index contributed by atoms with van der Waals surface area (Å²) < 4.78 is 14.2. The van der Waals surface area contributed by atoms with Gasteiger partial charge in [-0.05, 0) is 23.6 Å². The number of thiophene rings is 1. The number of hydrogen-bond acceptors (Lipinski definition) is 1. The second-order valence-corrected chi connectivity index (χ2v) is 3.95. The molecule has 1 aromatic carbocycles. The summed E-state index contributed by atoms with van der Waals surface area (Å²) in [5.74, 6) is -0.212. The molecule has 0 saturated carbocycles. The molecular weight excluding hydrogens is 183 g/mol. The fraction of sp³-hybridized carbons (Fsp3) is 0. The molecule has 2 rings (SSSR count). The first-order valence-corrected chi connectivity index (χ1v) is 4.30. The highest BCUT2D eigenvalue weighted by molar-refractivity contribution is 7.22. The minimum absolute atomic E-state index is 0.212. The molecule has 0 nitrogen and oxygen atoms in total. The Labute approximate surface area is 72.2 Å². The normalized spacial score (nSPS) is 10.7. The zero-order chi connectivity index (χ0) is 7.84. The van der Waals surface area contributed by atoms with Crippen molar-refractivity contribution in [3.8, 4) is 0 Å². The van der Waals surface area contributed by atoms with E-state index in [0.29, 0.717) is 4.34 Å². The topological polar surface area (TPSA) is 0 Å². The first kappa shape index (κ1) is 7.07. The lowest BCUT2D eigenvalue weighted by atomic mass is 10.3. The van der Waals surface area contributed by atoms with Crippen LogP contribution in [0.25, 0.3) is 10.1 Å². The van der Waals surface area contributed by atoms with Gasteiger partial charge in [-0.2, -0.15) is 0 Å². The van der Waals surface area contributed by atoms with Crippen molar-refractivity contribution in [1.29, 1.82) is 0 Å². The molecule has 0 amide bonds. The van der Waals surface area contributed by atoms with Gasteiger partial charge in [0.2, 0.25) is 0 Å². The predicted molar refractivity (Wildman–Crippen MR) is 46.8 cm³/mol. The van der Waals surface area contributed by atoms with Crippen molar-refractivity contribution in [3.63, 3.8) is 0 Å². The molecule has 0 unspecified atom stereocenters. The van der Waals surface area contributed by atoms with E-state index < -0.39 is 0 Å². The average Bonchev–Trinajstić information content (AvgIpc) is 2.27. The third-order valence-electron chi connectivity index (χ3n) is 1.45. The fourth-order valence-electron chi connectivity index (χ4n) is 0.973. The summed E-state index contributed by atoms with van der Waals surface area (Å²) in [5.41, 5.74) is 0. The molecular formula is C8H4ClFS. The van der Waals surface area contributed by atoms with Gasteiger partial charge >= 0.3 is 0 Å². The standard InChI is InChI=1S/C8H4ClFS/c9-8-3-5-1-2-6(10)4-7(5)11-8/h1-4H. The van der Waals surface area contributed by atoms with Crippen molar-refractivity contribution in [2.24, 2.45) is 0 Å². The molecule has 56 valence electrons. The lowest BCUT2D eigenvalue weighted by Crippen LogP contribution is -1.68. The molecule has 0 aliphatic heterocycles. The molecule has 2 aromatic rings. The number of halogens is 2. The van der Waals surface area contributed by atoms with Crippen LogP contribution in [0.2, 0.25) is 4.34 Å². The zero-order valence-corrected chi connectivity index (χ0v) is 7.05. The molecule has 0 atom stereocenters. The summed E-state index contributed by atoms with van der Waals surface area (Å²) >= 11 is 7.12. The Hall–Kier alpha value is -0.600. The van der Waals surface area contributed by atoms with Crippen molar-refractivity contribution in [3.05, 3.63) is 34.4 Å². The van der Waals surface area contributed by atoms with E-state index in [1.54, 1.807) is 6.07 Å². The van der Waals surface area contributed by atoms with Gasteiger partial charge in [0.05, 0.1) is 4.34 Å². The monoisotopic (exact) mass is 186 g/mol. The Morgan fingerprint density at radius 3 is 2.91 bits per heavy atom. The number of rotatable bonds is 0. The van der Waals surface area contributed by atoms with Crippen molar-refractivity contribution >= 4 is 33.0 Å². The van der Waals surface area contributed by atoms with E-state index in [0.717, 1.165) is 10.1 Å². The first-order valence-electron chi connectivity index (χ1n) is 3.10. The van der Waals surface area contributed by atoms with Crippen LogP contribution in [0.4, 0.5) is 4.39 Å². The van der Waals surface area contributed by atoms with E-state index in [9.17, 15) is 4.39 Å². The lowest BCUT2D eigenvalue weighted by molar-refractivity contribution is 0.630. The van der Waals surface area contributed by atoms with Crippen molar-refractivity contribution in [2.45, 2.75) is 0 Å². The van der Waals surface area contributed by atoms with Crippen molar-refractivity contribution in [1.82, 2.24) is 0 Å². The van der Waals surface area contributed by atoms with Gasteiger partial charge < -0.3 is 0 Å². The van der Waals surface area contributed by atoms with Crippen LogP contribution in [-0.2, 0) is 0 Å². The first-order chi connectivity index (χ1) is 5.25. The molecule has 0 fully saturated rings. The fourth-order valence-corrected chi connectivity index (χ4v) is 2.15. The highest BCUT2D eigenvalue weighted by Crippen LogP contribution is 2.29. The summed E-state index contributed by atoms with van der Waals surface area (Å²) in [6, 6.07) is 6.49. The highest BCUT2D eigenvalue weighted by atomic mass is 35.5. The van der Waals surface area contributed by atoms with Gasteiger partial charge in [0.25, 0.3) is 0 Å².